The SMILES string of the molecule is CCc1c(C(=O)c2cc(C)cc(C)c2)n(C(C)C2CCCC2)c(=O)[nH]c1=O. The highest BCUT2D eigenvalue weighted by Crippen LogP contribution is 2.34. The Kier molecular flexibility index (Phi) is 5.49. The zero-order chi connectivity index (χ0) is 19.7. The van der Waals surface area contributed by atoms with E-state index < -0.39 is 11.2 Å². The topological polar surface area (TPSA) is 71.9 Å². The molecule has 0 spiro atoms. The van der Waals surface area contributed by atoms with E-state index in [2.05, 4.69) is 4.98 Å². The lowest BCUT2D eigenvalue weighted by atomic mass is 9.95. The van der Waals surface area contributed by atoms with Crippen molar-refractivity contribution >= 4 is 5.78 Å². The monoisotopic (exact) mass is 368 g/mol. The number of aromatic nitrogens is 2. The van der Waals surface area contributed by atoms with Crippen LogP contribution in [0.5, 0.6) is 0 Å². The van der Waals surface area contributed by atoms with Crippen LogP contribution < -0.4 is 11.2 Å². The number of hydrogen-bond acceptors (Lipinski definition) is 3. The zero-order valence-electron chi connectivity index (χ0n) is 16.6. The van der Waals surface area contributed by atoms with Gasteiger partial charge in [0.15, 0.2) is 0 Å². The van der Waals surface area contributed by atoms with Crippen molar-refractivity contribution in [2.45, 2.75) is 65.8 Å². The predicted molar refractivity (Wildman–Crippen MR) is 107 cm³/mol. The van der Waals surface area contributed by atoms with Gasteiger partial charge in [0.1, 0.15) is 5.69 Å². The van der Waals surface area contributed by atoms with Crippen LogP contribution >= 0.6 is 0 Å². The van der Waals surface area contributed by atoms with Crippen LogP contribution in [0.1, 0.15) is 78.3 Å². The maximum Gasteiger partial charge on any atom is 0.329 e. The third-order valence-corrected chi connectivity index (χ3v) is 5.78. The number of rotatable bonds is 5. The van der Waals surface area contributed by atoms with Crippen molar-refractivity contribution < 1.29 is 4.79 Å². The number of benzene rings is 1. The Morgan fingerprint density at radius 3 is 2.30 bits per heavy atom. The van der Waals surface area contributed by atoms with Gasteiger partial charge in [-0.05, 0) is 58.1 Å². The van der Waals surface area contributed by atoms with E-state index in [0.717, 1.165) is 36.8 Å². The molecule has 2 aromatic rings. The molecule has 1 aromatic carbocycles. The summed E-state index contributed by atoms with van der Waals surface area (Å²) in [4.78, 5) is 41.1. The van der Waals surface area contributed by atoms with Crippen LogP contribution in [-0.2, 0) is 6.42 Å². The van der Waals surface area contributed by atoms with E-state index in [0.29, 0.717) is 23.5 Å². The average Bonchev–Trinajstić information content (AvgIpc) is 3.13. The minimum absolute atomic E-state index is 0.119. The standard InChI is InChI=1S/C22H28N2O3/c1-5-18-19(20(25)17-11-13(2)10-14(3)12-17)24(22(27)23-21(18)26)15(4)16-8-6-7-9-16/h10-12,15-16H,5-9H2,1-4H3,(H,23,26,27). The molecule has 144 valence electrons. The van der Waals surface area contributed by atoms with Crippen molar-refractivity contribution in [3.8, 4) is 0 Å². The van der Waals surface area contributed by atoms with Gasteiger partial charge in [-0.2, -0.15) is 0 Å². The summed E-state index contributed by atoms with van der Waals surface area (Å²) in [6, 6.07) is 5.53. The van der Waals surface area contributed by atoms with Gasteiger partial charge in [-0.3, -0.25) is 19.1 Å². The number of hydrogen-bond donors (Lipinski definition) is 1. The second-order valence-electron chi connectivity index (χ2n) is 7.80. The first-order chi connectivity index (χ1) is 12.8. The number of carbonyl (C=O) groups is 1. The van der Waals surface area contributed by atoms with Crippen molar-refractivity contribution in [2.24, 2.45) is 5.92 Å². The van der Waals surface area contributed by atoms with E-state index in [9.17, 15) is 14.4 Å². The number of H-pyrrole nitrogens is 1. The van der Waals surface area contributed by atoms with Crippen LogP contribution in [0.2, 0.25) is 0 Å². The molecular weight excluding hydrogens is 340 g/mol. The minimum Gasteiger partial charge on any atom is -0.287 e. The van der Waals surface area contributed by atoms with Gasteiger partial charge in [0.2, 0.25) is 5.78 Å². The largest absolute Gasteiger partial charge is 0.329 e. The highest BCUT2D eigenvalue weighted by molar-refractivity contribution is 6.09. The number of nitrogens with one attached hydrogen (secondary N) is 1. The molecule has 1 aromatic heterocycles. The van der Waals surface area contributed by atoms with Gasteiger partial charge in [0, 0.05) is 17.2 Å². The van der Waals surface area contributed by atoms with E-state index in [1.54, 1.807) is 4.57 Å². The van der Waals surface area contributed by atoms with Crippen LogP contribution in [0.25, 0.3) is 0 Å². The molecule has 1 aliphatic rings. The summed E-state index contributed by atoms with van der Waals surface area (Å²) in [5, 5.41) is 0. The van der Waals surface area contributed by atoms with Crippen LogP contribution in [0.3, 0.4) is 0 Å². The highest BCUT2D eigenvalue weighted by atomic mass is 16.2. The summed E-state index contributed by atoms with van der Waals surface area (Å²) in [6.45, 7) is 7.72. The van der Waals surface area contributed by atoms with Crippen molar-refractivity contribution in [3.63, 3.8) is 0 Å². The molecule has 3 rings (SSSR count). The van der Waals surface area contributed by atoms with E-state index >= 15 is 0 Å². The average molecular weight is 368 g/mol. The van der Waals surface area contributed by atoms with Crippen LogP contribution in [-0.4, -0.2) is 15.3 Å². The first-order valence-corrected chi connectivity index (χ1v) is 9.84. The lowest BCUT2D eigenvalue weighted by Crippen LogP contribution is -2.40. The Labute approximate surface area is 159 Å². The Hall–Kier alpha value is -2.43. The normalized spacial score (nSPS) is 15.9. The molecule has 1 aliphatic carbocycles. The van der Waals surface area contributed by atoms with E-state index in [1.165, 1.54) is 0 Å². The summed E-state index contributed by atoms with van der Waals surface area (Å²) < 4.78 is 1.55. The fourth-order valence-corrected chi connectivity index (χ4v) is 4.44. The number of ketones is 1. The summed E-state index contributed by atoms with van der Waals surface area (Å²) in [5.74, 6) is 0.107. The molecular formula is C22H28N2O3. The number of aromatic amines is 1. The number of aryl methyl sites for hydroxylation is 2. The maximum absolute atomic E-state index is 13.5. The van der Waals surface area contributed by atoms with Crippen molar-refractivity contribution in [2.75, 3.05) is 0 Å². The smallest absolute Gasteiger partial charge is 0.287 e. The Bertz CT molecular complexity index is 958. The molecule has 1 fully saturated rings. The highest BCUT2D eigenvalue weighted by Gasteiger charge is 2.29. The lowest BCUT2D eigenvalue weighted by Gasteiger charge is -2.25. The fourth-order valence-electron chi connectivity index (χ4n) is 4.44. The third-order valence-electron chi connectivity index (χ3n) is 5.78. The van der Waals surface area contributed by atoms with Crippen molar-refractivity contribution in [1.29, 1.82) is 0 Å². The number of nitrogens with zero attached hydrogens (tertiary/aromatic N) is 1. The van der Waals surface area contributed by atoms with E-state index in [-0.39, 0.29) is 17.5 Å². The van der Waals surface area contributed by atoms with E-state index in [4.69, 9.17) is 0 Å². The number of carbonyl (C=O) groups excluding carboxylic acids is 1. The van der Waals surface area contributed by atoms with Gasteiger partial charge >= 0.3 is 5.69 Å². The summed E-state index contributed by atoms with van der Waals surface area (Å²) >= 11 is 0. The van der Waals surface area contributed by atoms with Crippen LogP contribution in [0.4, 0.5) is 0 Å². The quantitative estimate of drug-likeness (QED) is 0.818. The van der Waals surface area contributed by atoms with Crippen LogP contribution in [0, 0.1) is 19.8 Å². The lowest BCUT2D eigenvalue weighted by molar-refractivity contribution is 0.102. The van der Waals surface area contributed by atoms with Crippen LogP contribution in [0.15, 0.2) is 27.8 Å². The second kappa shape index (κ2) is 7.67. The Balaban J connectivity index is 2.24. The molecule has 0 saturated heterocycles. The fraction of sp³-hybridized carbons (Fsp3) is 0.500. The van der Waals surface area contributed by atoms with Gasteiger partial charge in [0.05, 0.1) is 0 Å². The summed E-state index contributed by atoms with van der Waals surface area (Å²) in [5.41, 5.74) is 2.21. The molecule has 0 bridgehead atoms. The van der Waals surface area contributed by atoms with Gasteiger partial charge in [-0.15, -0.1) is 0 Å². The molecule has 1 unspecified atom stereocenters. The molecule has 5 heteroatoms. The molecule has 0 aliphatic heterocycles. The van der Waals surface area contributed by atoms with Gasteiger partial charge in [0.25, 0.3) is 5.56 Å². The minimum atomic E-state index is -0.482. The first kappa shape index (κ1) is 19.3. The molecule has 27 heavy (non-hydrogen) atoms. The first-order valence-electron chi connectivity index (χ1n) is 9.84. The summed E-state index contributed by atoms with van der Waals surface area (Å²) in [6.07, 6.45) is 4.79. The zero-order valence-corrected chi connectivity index (χ0v) is 16.6. The molecule has 0 radical (unpaired) electrons. The molecule has 1 saturated carbocycles. The van der Waals surface area contributed by atoms with Crippen molar-refractivity contribution in [3.05, 3.63) is 67.0 Å². The van der Waals surface area contributed by atoms with E-state index in [1.807, 2.05) is 45.9 Å². The molecule has 1 N–H and O–H groups in total. The van der Waals surface area contributed by atoms with Gasteiger partial charge in [-0.25, -0.2) is 4.79 Å². The third kappa shape index (κ3) is 3.68. The molecule has 0 amide bonds. The molecule has 1 atom stereocenters. The Morgan fingerprint density at radius 1 is 1.15 bits per heavy atom. The molecule has 5 nitrogen and oxygen atoms in total. The maximum atomic E-state index is 13.5. The van der Waals surface area contributed by atoms with Crippen molar-refractivity contribution in [1.82, 2.24) is 9.55 Å². The van der Waals surface area contributed by atoms with Gasteiger partial charge < -0.3 is 0 Å². The predicted octanol–water partition coefficient (Wildman–Crippen LogP) is 3.70. The van der Waals surface area contributed by atoms with Gasteiger partial charge in [-0.1, -0.05) is 37.0 Å². The Morgan fingerprint density at radius 2 is 1.74 bits per heavy atom. The molecule has 1 heterocycles. The second-order valence-corrected chi connectivity index (χ2v) is 7.80. The summed E-state index contributed by atoms with van der Waals surface area (Å²) in [7, 11) is 0.